The number of hydrogen-bond donors (Lipinski definition) is 2. The Morgan fingerprint density at radius 1 is 1.08 bits per heavy atom. The predicted octanol–water partition coefficient (Wildman–Crippen LogP) is 3.48. The van der Waals surface area contributed by atoms with Gasteiger partial charge in [-0.2, -0.15) is 0 Å². The topological polar surface area (TPSA) is 71.3 Å². The quantitative estimate of drug-likeness (QED) is 0.558. The van der Waals surface area contributed by atoms with Gasteiger partial charge in [0.1, 0.15) is 5.58 Å². The van der Waals surface area contributed by atoms with Crippen LogP contribution in [0.15, 0.2) is 63.8 Å². The molecule has 126 valence electrons. The van der Waals surface area contributed by atoms with E-state index in [1.165, 1.54) is 11.6 Å². The summed E-state index contributed by atoms with van der Waals surface area (Å²) in [4.78, 5) is 23.4. The van der Waals surface area contributed by atoms with Crippen molar-refractivity contribution in [3.05, 3.63) is 76.1 Å². The third-order valence-electron chi connectivity index (χ3n) is 3.73. The molecule has 1 amide bonds. The molecule has 0 saturated heterocycles. The number of amides is 1. The van der Waals surface area contributed by atoms with E-state index in [4.69, 9.17) is 16.6 Å². The number of carbonyl (C=O) groups is 1. The SMILES string of the molecule is CCc1ccc(C(=O)NC(=S)Nc2ccc3oc(=O)ccc3c2)cc1. The lowest BCUT2D eigenvalue weighted by atomic mass is 10.1. The van der Waals surface area contributed by atoms with Crippen LogP contribution in [0.3, 0.4) is 0 Å². The summed E-state index contributed by atoms with van der Waals surface area (Å²) in [5, 5.41) is 6.55. The summed E-state index contributed by atoms with van der Waals surface area (Å²) in [6, 6.07) is 15.6. The zero-order chi connectivity index (χ0) is 17.8. The van der Waals surface area contributed by atoms with Crippen molar-refractivity contribution in [1.82, 2.24) is 5.32 Å². The van der Waals surface area contributed by atoms with Crippen molar-refractivity contribution in [3.8, 4) is 0 Å². The van der Waals surface area contributed by atoms with Crippen LogP contribution in [0.25, 0.3) is 11.0 Å². The number of anilines is 1. The maximum atomic E-state index is 12.2. The smallest absolute Gasteiger partial charge is 0.336 e. The summed E-state index contributed by atoms with van der Waals surface area (Å²) in [7, 11) is 0. The van der Waals surface area contributed by atoms with E-state index < -0.39 is 5.63 Å². The van der Waals surface area contributed by atoms with E-state index in [0.29, 0.717) is 16.8 Å². The summed E-state index contributed by atoms with van der Waals surface area (Å²) >= 11 is 5.19. The molecule has 1 heterocycles. The molecule has 0 spiro atoms. The van der Waals surface area contributed by atoms with Crippen molar-refractivity contribution in [2.45, 2.75) is 13.3 Å². The van der Waals surface area contributed by atoms with E-state index in [1.807, 2.05) is 12.1 Å². The predicted molar refractivity (Wildman–Crippen MR) is 102 cm³/mol. The molecule has 0 unspecified atom stereocenters. The highest BCUT2D eigenvalue weighted by molar-refractivity contribution is 7.80. The van der Waals surface area contributed by atoms with Gasteiger partial charge >= 0.3 is 5.63 Å². The fourth-order valence-corrected chi connectivity index (χ4v) is 2.59. The standard InChI is InChI=1S/C19H16N2O3S/c1-2-12-3-5-13(6-4-12)18(23)21-19(25)20-15-8-9-16-14(11-15)7-10-17(22)24-16/h3-11H,2H2,1H3,(H2,20,21,23,25). The number of nitrogens with one attached hydrogen (secondary N) is 2. The van der Waals surface area contributed by atoms with Gasteiger partial charge in [0, 0.05) is 22.7 Å². The van der Waals surface area contributed by atoms with Gasteiger partial charge in [-0.3, -0.25) is 10.1 Å². The summed E-state index contributed by atoms with van der Waals surface area (Å²) < 4.78 is 5.08. The van der Waals surface area contributed by atoms with Gasteiger partial charge in [0.2, 0.25) is 0 Å². The summed E-state index contributed by atoms with van der Waals surface area (Å²) in [5.41, 5.74) is 2.49. The average Bonchev–Trinajstić information content (AvgIpc) is 2.61. The van der Waals surface area contributed by atoms with E-state index in [-0.39, 0.29) is 11.0 Å². The Hall–Kier alpha value is -2.99. The third-order valence-corrected chi connectivity index (χ3v) is 3.93. The maximum Gasteiger partial charge on any atom is 0.336 e. The molecule has 6 heteroatoms. The summed E-state index contributed by atoms with van der Waals surface area (Å²) in [5.74, 6) is -0.271. The summed E-state index contributed by atoms with van der Waals surface area (Å²) in [6.07, 6.45) is 0.921. The van der Waals surface area contributed by atoms with Crippen LogP contribution in [0.5, 0.6) is 0 Å². The Morgan fingerprint density at radius 2 is 1.84 bits per heavy atom. The van der Waals surface area contributed by atoms with Gasteiger partial charge in [-0.25, -0.2) is 4.79 Å². The van der Waals surface area contributed by atoms with Gasteiger partial charge in [-0.1, -0.05) is 19.1 Å². The molecule has 3 rings (SSSR count). The number of fused-ring (bicyclic) bond motifs is 1. The number of rotatable bonds is 3. The van der Waals surface area contributed by atoms with Gasteiger partial charge in [-0.15, -0.1) is 0 Å². The molecule has 5 nitrogen and oxygen atoms in total. The molecule has 0 aliphatic rings. The van der Waals surface area contributed by atoms with Crippen LogP contribution in [0.1, 0.15) is 22.8 Å². The average molecular weight is 352 g/mol. The fourth-order valence-electron chi connectivity index (χ4n) is 2.38. The first-order valence-corrected chi connectivity index (χ1v) is 8.21. The van der Waals surface area contributed by atoms with E-state index in [9.17, 15) is 9.59 Å². The number of aryl methyl sites for hydroxylation is 1. The zero-order valence-corrected chi connectivity index (χ0v) is 14.4. The third kappa shape index (κ3) is 4.10. The number of benzene rings is 2. The molecule has 0 aliphatic carbocycles. The van der Waals surface area contributed by atoms with Gasteiger partial charge in [0.25, 0.3) is 5.91 Å². The lowest BCUT2D eigenvalue weighted by Crippen LogP contribution is -2.34. The van der Waals surface area contributed by atoms with Gasteiger partial charge in [0.15, 0.2) is 5.11 Å². The van der Waals surface area contributed by atoms with Crippen LogP contribution in [-0.2, 0) is 6.42 Å². The van der Waals surface area contributed by atoms with E-state index in [1.54, 1.807) is 36.4 Å². The van der Waals surface area contributed by atoms with Crippen molar-refractivity contribution in [1.29, 1.82) is 0 Å². The van der Waals surface area contributed by atoms with Gasteiger partial charge in [-0.05, 0) is 60.6 Å². The van der Waals surface area contributed by atoms with Crippen molar-refractivity contribution < 1.29 is 9.21 Å². The van der Waals surface area contributed by atoms with Crippen molar-refractivity contribution in [2.24, 2.45) is 0 Å². The van der Waals surface area contributed by atoms with Crippen LogP contribution < -0.4 is 16.3 Å². The molecule has 2 aromatic carbocycles. The van der Waals surface area contributed by atoms with Gasteiger partial charge in [0.05, 0.1) is 0 Å². The second-order valence-electron chi connectivity index (χ2n) is 5.47. The number of hydrogen-bond acceptors (Lipinski definition) is 4. The van der Waals surface area contributed by atoms with Crippen LogP contribution >= 0.6 is 12.2 Å². The van der Waals surface area contributed by atoms with Crippen molar-refractivity contribution >= 4 is 39.9 Å². The molecule has 3 aromatic rings. The highest BCUT2D eigenvalue weighted by Gasteiger charge is 2.08. The van der Waals surface area contributed by atoms with Crippen LogP contribution in [-0.4, -0.2) is 11.0 Å². The first-order chi connectivity index (χ1) is 12.0. The van der Waals surface area contributed by atoms with Crippen molar-refractivity contribution in [3.63, 3.8) is 0 Å². The van der Waals surface area contributed by atoms with Crippen LogP contribution in [0.2, 0.25) is 0 Å². The highest BCUT2D eigenvalue weighted by atomic mass is 32.1. The summed E-state index contributed by atoms with van der Waals surface area (Å²) in [6.45, 7) is 2.06. The minimum absolute atomic E-state index is 0.196. The normalized spacial score (nSPS) is 10.4. The first kappa shape index (κ1) is 16.9. The van der Waals surface area contributed by atoms with Crippen molar-refractivity contribution in [2.75, 3.05) is 5.32 Å². The first-order valence-electron chi connectivity index (χ1n) is 7.80. The lowest BCUT2D eigenvalue weighted by Gasteiger charge is -2.10. The molecule has 0 fully saturated rings. The molecule has 1 aromatic heterocycles. The lowest BCUT2D eigenvalue weighted by molar-refractivity contribution is 0.0977. The Labute approximate surface area is 149 Å². The second kappa shape index (κ2) is 7.27. The molecule has 0 saturated carbocycles. The fraction of sp³-hybridized carbons (Fsp3) is 0.105. The molecule has 0 atom stereocenters. The van der Waals surface area contributed by atoms with E-state index >= 15 is 0 Å². The molecule has 0 aliphatic heterocycles. The monoisotopic (exact) mass is 352 g/mol. The van der Waals surface area contributed by atoms with Crippen LogP contribution in [0.4, 0.5) is 5.69 Å². The molecule has 0 bridgehead atoms. The highest BCUT2D eigenvalue weighted by Crippen LogP contribution is 2.17. The molecular weight excluding hydrogens is 336 g/mol. The Morgan fingerprint density at radius 3 is 2.56 bits per heavy atom. The minimum Gasteiger partial charge on any atom is -0.423 e. The molecular formula is C19H16N2O3S. The largest absolute Gasteiger partial charge is 0.423 e. The van der Waals surface area contributed by atoms with Gasteiger partial charge < -0.3 is 9.73 Å². The maximum absolute atomic E-state index is 12.2. The van der Waals surface area contributed by atoms with E-state index in [2.05, 4.69) is 17.6 Å². The van der Waals surface area contributed by atoms with E-state index in [0.717, 1.165) is 11.8 Å². The van der Waals surface area contributed by atoms with Crippen LogP contribution in [0, 0.1) is 0 Å². The molecule has 0 radical (unpaired) electrons. The second-order valence-corrected chi connectivity index (χ2v) is 5.87. The Bertz CT molecular complexity index is 993. The molecule has 25 heavy (non-hydrogen) atoms. The minimum atomic E-state index is -0.398. The Kier molecular flexibility index (Phi) is 4.90. The number of thiocarbonyl (C=S) groups is 1. The number of carbonyl (C=O) groups excluding carboxylic acids is 1. The zero-order valence-electron chi connectivity index (χ0n) is 13.5. The Balaban J connectivity index is 1.68. The molecule has 2 N–H and O–H groups in total.